The van der Waals surface area contributed by atoms with Crippen molar-refractivity contribution in [2.75, 3.05) is 36.4 Å². The van der Waals surface area contributed by atoms with E-state index < -0.39 is 0 Å². The van der Waals surface area contributed by atoms with Gasteiger partial charge in [0.25, 0.3) is 5.91 Å². The van der Waals surface area contributed by atoms with Gasteiger partial charge in [-0.3, -0.25) is 9.59 Å². The summed E-state index contributed by atoms with van der Waals surface area (Å²) >= 11 is 1.41. The summed E-state index contributed by atoms with van der Waals surface area (Å²) in [4.78, 5) is 32.9. The van der Waals surface area contributed by atoms with E-state index in [2.05, 4.69) is 20.5 Å². The van der Waals surface area contributed by atoms with Crippen LogP contribution in [0.25, 0.3) is 0 Å². The second-order valence-electron chi connectivity index (χ2n) is 8.30. The molecule has 2 aromatic heterocycles. The van der Waals surface area contributed by atoms with E-state index >= 15 is 0 Å². The number of thiazole rings is 1. The highest BCUT2D eigenvalue weighted by Gasteiger charge is 2.34. The monoisotopic (exact) mass is 464 g/mol. The number of anilines is 2. The number of benzene rings is 1. The van der Waals surface area contributed by atoms with Gasteiger partial charge in [0, 0.05) is 37.1 Å². The van der Waals surface area contributed by atoms with Crippen LogP contribution < -0.4 is 15.0 Å². The van der Waals surface area contributed by atoms with Gasteiger partial charge in [-0.2, -0.15) is 5.10 Å². The van der Waals surface area contributed by atoms with Crippen LogP contribution in [0.4, 0.5) is 11.5 Å². The molecule has 0 saturated carbocycles. The van der Waals surface area contributed by atoms with Crippen molar-refractivity contribution in [3.05, 3.63) is 58.7 Å². The molecule has 2 aliphatic rings. The molecule has 4 heterocycles. The number of nitrogens with one attached hydrogen (secondary N) is 1. The second-order valence-corrected chi connectivity index (χ2v) is 9.02. The number of nitrogens with zero attached hydrogens (tertiary/aromatic N) is 5. The van der Waals surface area contributed by atoms with Crippen LogP contribution in [0.1, 0.15) is 22.6 Å². The smallest absolute Gasteiger partial charge is 0.273 e. The van der Waals surface area contributed by atoms with Crippen molar-refractivity contribution in [2.24, 2.45) is 5.92 Å². The molecule has 2 amide bonds. The van der Waals surface area contributed by atoms with Gasteiger partial charge in [-0.15, -0.1) is 16.4 Å². The number of amides is 2. The lowest BCUT2D eigenvalue weighted by molar-refractivity contribution is -0.120. The van der Waals surface area contributed by atoms with Gasteiger partial charge in [-0.05, 0) is 43.3 Å². The number of aryl methyl sites for hydroxylation is 1. The highest BCUT2D eigenvalue weighted by Crippen LogP contribution is 2.25. The fraction of sp³-hybridized carbons (Fsp3) is 0.348. The molecule has 5 rings (SSSR count). The average Bonchev–Trinajstić information content (AvgIpc) is 3.47. The zero-order chi connectivity index (χ0) is 22.8. The Bertz CT molecular complexity index is 1110. The van der Waals surface area contributed by atoms with Crippen molar-refractivity contribution < 1.29 is 14.3 Å². The quantitative estimate of drug-likeness (QED) is 0.598. The van der Waals surface area contributed by atoms with Gasteiger partial charge >= 0.3 is 0 Å². The topological polar surface area (TPSA) is 101 Å². The van der Waals surface area contributed by atoms with Crippen LogP contribution in [0.15, 0.2) is 47.3 Å². The summed E-state index contributed by atoms with van der Waals surface area (Å²) in [7, 11) is 0. The Labute approximate surface area is 195 Å². The Morgan fingerprint density at radius 1 is 1.09 bits per heavy atom. The van der Waals surface area contributed by atoms with Crippen LogP contribution in [0.2, 0.25) is 0 Å². The molecule has 2 saturated heterocycles. The normalized spacial score (nSPS) is 18.2. The Morgan fingerprint density at radius 3 is 2.61 bits per heavy atom. The Kier molecular flexibility index (Phi) is 5.91. The molecule has 9 nitrogen and oxygen atoms in total. The van der Waals surface area contributed by atoms with Gasteiger partial charge in [-0.1, -0.05) is 0 Å². The molecular formula is C23H24N6O3S. The van der Waals surface area contributed by atoms with Crippen LogP contribution in [0, 0.1) is 12.8 Å². The molecule has 170 valence electrons. The SMILES string of the molecule is Cc1ccc(N2CC(C(=O)Nc3ccc(O[C@@H]4CCN(C(=O)c5cscn5)C4)cc3)C2)nn1. The molecule has 0 unspecified atom stereocenters. The molecular weight excluding hydrogens is 440 g/mol. The third kappa shape index (κ3) is 4.80. The standard InChI is InChI=1S/C23H24N6O3S/c1-15-2-7-21(27-26-15)29-10-16(11-29)22(30)25-17-3-5-18(6-4-17)32-19-8-9-28(12-19)23(31)20-13-33-14-24-20/h2-7,13-14,16,19H,8-12H2,1H3,(H,25,30)/t19-/m1/s1. The number of aromatic nitrogens is 3. The Hall–Kier alpha value is -3.53. The maximum Gasteiger partial charge on any atom is 0.273 e. The number of hydrogen-bond acceptors (Lipinski definition) is 8. The van der Waals surface area contributed by atoms with Crippen LogP contribution in [0.3, 0.4) is 0 Å². The zero-order valence-electron chi connectivity index (χ0n) is 18.2. The summed E-state index contributed by atoms with van der Waals surface area (Å²) in [5, 5.41) is 13.0. The summed E-state index contributed by atoms with van der Waals surface area (Å²) in [5.41, 5.74) is 3.75. The lowest BCUT2D eigenvalue weighted by atomic mass is 9.99. The predicted octanol–water partition coefficient (Wildman–Crippen LogP) is 2.61. The maximum atomic E-state index is 12.5. The predicted molar refractivity (Wildman–Crippen MR) is 125 cm³/mol. The van der Waals surface area contributed by atoms with Gasteiger partial charge in [0.05, 0.1) is 23.7 Å². The number of likely N-dealkylation sites (tertiary alicyclic amines) is 1. The number of carbonyl (C=O) groups excluding carboxylic acids is 2. The van der Waals surface area contributed by atoms with Gasteiger partial charge < -0.3 is 19.9 Å². The number of hydrogen-bond donors (Lipinski definition) is 1. The summed E-state index contributed by atoms with van der Waals surface area (Å²) in [6.45, 7) is 4.35. The minimum absolute atomic E-state index is 0.00743. The molecule has 0 spiro atoms. The molecule has 0 aliphatic carbocycles. The minimum atomic E-state index is -0.0799. The van der Waals surface area contributed by atoms with Gasteiger partial charge in [0.2, 0.25) is 5.91 Å². The minimum Gasteiger partial charge on any atom is -0.489 e. The summed E-state index contributed by atoms with van der Waals surface area (Å²) in [6, 6.07) is 11.2. The van der Waals surface area contributed by atoms with E-state index in [1.54, 1.807) is 15.8 Å². The Morgan fingerprint density at radius 2 is 1.91 bits per heavy atom. The van der Waals surface area contributed by atoms with E-state index in [4.69, 9.17) is 4.74 Å². The lowest BCUT2D eigenvalue weighted by Gasteiger charge is -2.38. The van der Waals surface area contributed by atoms with Gasteiger partial charge in [-0.25, -0.2) is 4.98 Å². The molecule has 33 heavy (non-hydrogen) atoms. The van der Waals surface area contributed by atoms with Gasteiger partial charge in [0.1, 0.15) is 17.5 Å². The van der Waals surface area contributed by atoms with Gasteiger partial charge in [0.15, 0.2) is 5.82 Å². The van der Waals surface area contributed by atoms with Crippen LogP contribution in [0.5, 0.6) is 5.75 Å². The van der Waals surface area contributed by atoms with E-state index in [1.807, 2.05) is 48.2 Å². The number of rotatable bonds is 6. The maximum absolute atomic E-state index is 12.5. The molecule has 2 aliphatic heterocycles. The summed E-state index contributed by atoms with van der Waals surface area (Å²) in [5.74, 6) is 1.37. The van der Waals surface area contributed by atoms with E-state index in [0.717, 1.165) is 23.6 Å². The number of carbonyl (C=O) groups is 2. The van der Waals surface area contributed by atoms with Crippen LogP contribution in [-0.4, -0.2) is 64.2 Å². The fourth-order valence-corrected chi connectivity index (χ4v) is 4.46. The van der Waals surface area contributed by atoms with Crippen molar-refractivity contribution in [1.82, 2.24) is 20.1 Å². The third-order valence-corrected chi connectivity index (χ3v) is 6.45. The van der Waals surface area contributed by atoms with Crippen molar-refractivity contribution in [1.29, 1.82) is 0 Å². The van der Waals surface area contributed by atoms with Crippen LogP contribution >= 0.6 is 11.3 Å². The molecule has 0 bridgehead atoms. The molecule has 10 heteroatoms. The fourth-order valence-electron chi connectivity index (χ4n) is 3.93. The van der Waals surface area contributed by atoms with E-state index in [0.29, 0.717) is 37.6 Å². The van der Waals surface area contributed by atoms with Crippen molar-refractivity contribution >= 4 is 34.7 Å². The summed E-state index contributed by atoms with van der Waals surface area (Å²) in [6.07, 6.45) is 0.719. The number of ether oxygens (including phenoxy) is 1. The molecule has 1 atom stereocenters. The van der Waals surface area contributed by atoms with Crippen molar-refractivity contribution in [3.8, 4) is 5.75 Å². The zero-order valence-corrected chi connectivity index (χ0v) is 19.0. The lowest BCUT2D eigenvalue weighted by Crippen LogP contribution is -2.52. The van der Waals surface area contributed by atoms with E-state index in [1.165, 1.54) is 11.3 Å². The molecule has 1 aromatic carbocycles. The average molecular weight is 465 g/mol. The third-order valence-electron chi connectivity index (χ3n) is 5.87. The molecule has 0 radical (unpaired) electrons. The van der Waals surface area contributed by atoms with E-state index in [-0.39, 0.29) is 23.8 Å². The van der Waals surface area contributed by atoms with E-state index in [9.17, 15) is 9.59 Å². The first kappa shape index (κ1) is 21.3. The van der Waals surface area contributed by atoms with Crippen molar-refractivity contribution in [3.63, 3.8) is 0 Å². The molecule has 1 N–H and O–H groups in total. The second kappa shape index (κ2) is 9.14. The first-order chi connectivity index (χ1) is 16.0. The largest absolute Gasteiger partial charge is 0.489 e. The molecule has 3 aromatic rings. The highest BCUT2D eigenvalue weighted by molar-refractivity contribution is 7.07. The van der Waals surface area contributed by atoms with Crippen LogP contribution in [-0.2, 0) is 4.79 Å². The first-order valence-corrected chi connectivity index (χ1v) is 11.8. The molecule has 2 fully saturated rings. The Balaban J connectivity index is 1.08. The first-order valence-electron chi connectivity index (χ1n) is 10.9. The highest BCUT2D eigenvalue weighted by atomic mass is 32.1. The summed E-state index contributed by atoms with van der Waals surface area (Å²) < 4.78 is 6.04. The van der Waals surface area contributed by atoms with Crippen molar-refractivity contribution in [2.45, 2.75) is 19.4 Å².